The third kappa shape index (κ3) is 4.59. The molecule has 0 fully saturated rings. The highest BCUT2D eigenvalue weighted by atomic mass is 19.4. The summed E-state index contributed by atoms with van der Waals surface area (Å²) in [5, 5.41) is 11.6. The van der Waals surface area contributed by atoms with Gasteiger partial charge in [0.2, 0.25) is 5.91 Å². The molecule has 1 aromatic carbocycles. The Morgan fingerprint density at radius 3 is 2.21 bits per heavy atom. The van der Waals surface area contributed by atoms with Gasteiger partial charge in [0.25, 0.3) is 0 Å². The van der Waals surface area contributed by atoms with Crippen LogP contribution in [-0.2, 0) is 21.2 Å². The number of nitrogens with two attached hydrogens (primary N) is 1. The minimum atomic E-state index is -4.54. The van der Waals surface area contributed by atoms with Crippen LogP contribution in [0.5, 0.6) is 0 Å². The standard InChI is InChI=1S/C26H30F3N7O2/c1-23(2,3)36-21-18(20(30)31-13-32-21)19(34-36)14-8-10-15(11-9-14)24(4,5)22(37)33-17-12-16(38-35-17)25(6,7)26(27,28)29/h8-13H,1-7H3,(H2,30,31,32)(H,33,35,37). The summed E-state index contributed by atoms with van der Waals surface area (Å²) in [4.78, 5) is 21.6. The lowest BCUT2D eigenvalue weighted by Gasteiger charge is -2.24. The Bertz CT molecular complexity index is 1490. The second kappa shape index (κ2) is 8.81. The van der Waals surface area contributed by atoms with Crippen molar-refractivity contribution < 1.29 is 22.5 Å². The molecule has 0 aliphatic heterocycles. The Morgan fingerprint density at radius 1 is 1.00 bits per heavy atom. The first kappa shape index (κ1) is 27.1. The lowest BCUT2D eigenvalue weighted by atomic mass is 9.83. The molecule has 4 rings (SSSR count). The first-order valence-electron chi connectivity index (χ1n) is 11.9. The third-order valence-electron chi connectivity index (χ3n) is 6.65. The SMILES string of the molecule is CC(C)(C(=O)Nc1cc(C(C)(C)C(F)(F)F)on1)c1ccc(-c2nn(C(C)(C)C)c3ncnc(N)c23)cc1. The number of carbonyl (C=O) groups excluding carboxylic acids is 1. The van der Waals surface area contributed by atoms with E-state index in [9.17, 15) is 18.0 Å². The molecule has 0 bridgehead atoms. The van der Waals surface area contributed by atoms with Gasteiger partial charge in [-0.05, 0) is 54.0 Å². The van der Waals surface area contributed by atoms with Crippen LogP contribution >= 0.6 is 0 Å². The lowest BCUT2D eigenvalue weighted by Crippen LogP contribution is -2.36. The molecule has 3 aromatic heterocycles. The van der Waals surface area contributed by atoms with E-state index in [0.717, 1.165) is 25.5 Å². The zero-order valence-electron chi connectivity index (χ0n) is 22.2. The number of amides is 1. The van der Waals surface area contributed by atoms with Crippen LogP contribution in [0.1, 0.15) is 59.8 Å². The number of hydrogen-bond donors (Lipinski definition) is 2. The smallest absolute Gasteiger partial charge is 0.383 e. The Kier molecular flexibility index (Phi) is 6.28. The van der Waals surface area contributed by atoms with E-state index in [1.807, 2.05) is 32.9 Å². The maximum absolute atomic E-state index is 13.3. The fourth-order valence-corrected chi connectivity index (χ4v) is 3.86. The number of rotatable bonds is 5. The Labute approximate surface area is 217 Å². The second-order valence-corrected chi connectivity index (χ2v) is 11.2. The largest absolute Gasteiger partial charge is 0.401 e. The number of halogens is 3. The molecular weight excluding hydrogens is 499 g/mol. The van der Waals surface area contributed by atoms with Crippen LogP contribution < -0.4 is 11.1 Å². The molecule has 3 N–H and O–H groups in total. The normalized spacial score (nSPS) is 13.2. The predicted octanol–water partition coefficient (Wildman–Crippen LogP) is 5.57. The van der Waals surface area contributed by atoms with Crippen LogP contribution in [0.15, 0.2) is 41.2 Å². The molecule has 1 amide bonds. The number of aromatic nitrogens is 5. The van der Waals surface area contributed by atoms with Crippen molar-refractivity contribution in [1.82, 2.24) is 24.9 Å². The van der Waals surface area contributed by atoms with Gasteiger partial charge in [-0.3, -0.25) is 4.79 Å². The number of nitrogens with zero attached hydrogens (tertiary/aromatic N) is 5. The first-order chi connectivity index (χ1) is 17.4. The molecular formula is C26H30F3N7O2. The van der Waals surface area contributed by atoms with Gasteiger partial charge in [-0.2, -0.15) is 18.3 Å². The molecule has 0 radical (unpaired) electrons. The molecule has 38 heavy (non-hydrogen) atoms. The summed E-state index contributed by atoms with van der Waals surface area (Å²) in [5.41, 5.74) is 5.18. The van der Waals surface area contributed by atoms with Gasteiger partial charge in [-0.15, -0.1) is 0 Å². The third-order valence-corrected chi connectivity index (χ3v) is 6.65. The molecule has 0 atom stereocenters. The van der Waals surface area contributed by atoms with Gasteiger partial charge in [0, 0.05) is 11.6 Å². The minimum Gasteiger partial charge on any atom is -0.383 e. The van der Waals surface area contributed by atoms with Gasteiger partial charge >= 0.3 is 6.18 Å². The molecule has 0 saturated carbocycles. The Hall–Kier alpha value is -3.96. The van der Waals surface area contributed by atoms with Gasteiger partial charge in [0.15, 0.2) is 17.2 Å². The summed E-state index contributed by atoms with van der Waals surface area (Å²) in [5.74, 6) is -0.644. The Balaban J connectivity index is 1.61. The summed E-state index contributed by atoms with van der Waals surface area (Å²) in [6.45, 7) is 11.4. The van der Waals surface area contributed by atoms with Crippen LogP contribution in [0.25, 0.3) is 22.3 Å². The number of nitrogen functional groups attached to an aromatic ring is 1. The van der Waals surface area contributed by atoms with Crippen molar-refractivity contribution >= 4 is 28.6 Å². The average Bonchev–Trinajstić information content (AvgIpc) is 3.44. The summed E-state index contributed by atoms with van der Waals surface area (Å²) >= 11 is 0. The number of nitrogens with one attached hydrogen (secondary N) is 1. The van der Waals surface area contributed by atoms with E-state index in [-0.39, 0.29) is 11.4 Å². The van der Waals surface area contributed by atoms with Crippen molar-refractivity contribution in [3.8, 4) is 11.3 Å². The van der Waals surface area contributed by atoms with E-state index in [1.165, 1.54) is 6.33 Å². The average molecular weight is 530 g/mol. The summed E-state index contributed by atoms with van der Waals surface area (Å²) in [6.07, 6.45) is -3.14. The number of hydrogen-bond acceptors (Lipinski definition) is 7. The van der Waals surface area contributed by atoms with E-state index < -0.39 is 28.7 Å². The molecule has 4 aromatic rings. The Morgan fingerprint density at radius 2 is 1.63 bits per heavy atom. The van der Waals surface area contributed by atoms with Crippen LogP contribution in [0.3, 0.4) is 0 Å². The topological polar surface area (TPSA) is 125 Å². The highest BCUT2D eigenvalue weighted by molar-refractivity contribution is 5.99. The molecule has 9 nitrogen and oxygen atoms in total. The van der Waals surface area contributed by atoms with E-state index in [0.29, 0.717) is 28.1 Å². The van der Waals surface area contributed by atoms with E-state index >= 15 is 0 Å². The monoisotopic (exact) mass is 529 g/mol. The van der Waals surface area contributed by atoms with Crippen molar-refractivity contribution in [2.75, 3.05) is 11.1 Å². The number of fused-ring (bicyclic) bond motifs is 1. The van der Waals surface area contributed by atoms with Gasteiger partial charge < -0.3 is 15.6 Å². The first-order valence-corrected chi connectivity index (χ1v) is 11.9. The summed E-state index contributed by atoms with van der Waals surface area (Å²) in [7, 11) is 0. The van der Waals surface area contributed by atoms with Crippen molar-refractivity contribution in [3.05, 3.63) is 48.0 Å². The minimum absolute atomic E-state index is 0.0957. The molecule has 0 unspecified atom stereocenters. The molecule has 12 heteroatoms. The van der Waals surface area contributed by atoms with Crippen LogP contribution in [0.2, 0.25) is 0 Å². The summed E-state index contributed by atoms with van der Waals surface area (Å²) in [6, 6.07) is 8.32. The second-order valence-electron chi connectivity index (χ2n) is 11.2. The molecule has 0 saturated heterocycles. The zero-order chi connectivity index (χ0) is 28.3. The van der Waals surface area contributed by atoms with Crippen LogP contribution in [-0.4, -0.2) is 37.0 Å². The predicted molar refractivity (Wildman–Crippen MR) is 137 cm³/mol. The zero-order valence-corrected chi connectivity index (χ0v) is 22.2. The van der Waals surface area contributed by atoms with Gasteiger partial charge in [-0.1, -0.05) is 29.4 Å². The maximum Gasteiger partial charge on any atom is 0.401 e. The highest BCUT2D eigenvalue weighted by Gasteiger charge is 2.51. The van der Waals surface area contributed by atoms with Crippen molar-refractivity contribution in [2.45, 2.75) is 71.0 Å². The van der Waals surface area contributed by atoms with Crippen molar-refractivity contribution in [2.24, 2.45) is 0 Å². The number of alkyl halides is 3. The molecule has 0 aliphatic carbocycles. The molecule has 0 spiro atoms. The van der Waals surface area contributed by atoms with Gasteiger partial charge in [0.05, 0.1) is 16.3 Å². The molecule has 202 valence electrons. The van der Waals surface area contributed by atoms with Crippen molar-refractivity contribution in [3.63, 3.8) is 0 Å². The van der Waals surface area contributed by atoms with E-state index in [1.54, 1.807) is 30.7 Å². The van der Waals surface area contributed by atoms with E-state index in [4.69, 9.17) is 15.4 Å². The number of carbonyl (C=O) groups is 1. The highest BCUT2D eigenvalue weighted by Crippen LogP contribution is 2.41. The molecule has 3 heterocycles. The van der Waals surface area contributed by atoms with E-state index in [2.05, 4.69) is 20.4 Å². The molecule has 0 aliphatic rings. The van der Waals surface area contributed by atoms with Crippen LogP contribution in [0, 0.1) is 0 Å². The summed E-state index contributed by atoms with van der Waals surface area (Å²) < 4.78 is 46.7. The number of anilines is 2. The lowest BCUT2D eigenvalue weighted by molar-refractivity contribution is -0.185. The quantitative estimate of drug-likeness (QED) is 0.346. The van der Waals surface area contributed by atoms with Gasteiger partial charge in [0.1, 0.15) is 23.3 Å². The fraction of sp³-hybridized carbons (Fsp3) is 0.423. The number of benzene rings is 1. The van der Waals surface area contributed by atoms with Crippen molar-refractivity contribution in [1.29, 1.82) is 0 Å². The fourth-order valence-electron chi connectivity index (χ4n) is 3.86. The van der Waals surface area contributed by atoms with Crippen LogP contribution in [0.4, 0.5) is 24.8 Å². The maximum atomic E-state index is 13.3. The van der Waals surface area contributed by atoms with Gasteiger partial charge in [-0.25, -0.2) is 14.6 Å².